The van der Waals surface area contributed by atoms with E-state index in [1.54, 1.807) is 14.2 Å². The Morgan fingerprint density at radius 1 is 1.03 bits per heavy atom. The van der Waals surface area contributed by atoms with Crippen molar-refractivity contribution in [1.29, 1.82) is 0 Å². The van der Waals surface area contributed by atoms with Crippen molar-refractivity contribution >= 4 is 28.6 Å². The first-order valence-corrected chi connectivity index (χ1v) is 11.6. The van der Waals surface area contributed by atoms with Crippen LogP contribution in [0.4, 0.5) is 11.6 Å². The highest BCUT2D eigenvalue weighted by atomic mass is 16.5. The average Bonchev–Trinajstić information content (AvgIpc) is 3.25. The smallest absolute Gasteiger partial charge is 0.255 e. The van der Waals surface area contributed by atoms with Gasteiger partial charge in [-0.1, -0.05) is 43.3 Å². The number of imidazole rings is 1. The van der Waals surface area contributed by atoms with Gasteiger partial charge >= 0.3 is 0 Å². The molecule has 0 unspecified atom stereocenters. The van der Waals surface area contributed by atoms with Crippen LogP contribution in [0.5, 0.6) is 11.5 Å². The maximum Gasteiger partial charge on any atom is 0.255 e. The second-order valence-electron chi connectivity index (χ2n) is 8.45. The van der Waals surface area contributed by atoms with Gasteiger partial charge in [-0.15, -0.1) is 0 Å². The van der Waals surface area contributed by atoms with Gasteiger partial charge in [0.25, 0.3) is 5.91 Å². The number of anilines is 2. The molecule has 35 heavy (non-hydrogen) atoms. The van der Waals surface area contributed by atoms with Crippen LogP contribution in [0.3, 0.4) is 0 Å². The van der Waals surface area contributed by atoms with Crippen molar-refractivity contribution in [3.05, 3.63) is 89.1 Å². The molecule has 7 nitrogen and oxygen atoms in total. The molecule has 0 spiro atoms. The van der Waals surface area contributed by atoms with E-state index < -0.39 is 6.04 Å². The minimum absolute atomic E-state index is 0.197. The molecule has 0 bridgehead atoms. The van der Waals surface area contributed by atoms with Crippen molar-refractivity contribution in [2.24, 2.45) is 0 Å². The third-order valence-corrected chi connectivity index (χ3v) is 6.42. The molecule has 1 aromatic heterocycles. The van der Waals surface area contributed by atoms with Gasteiger partial charge in [-0.3, -0.25) is 9.36 Å². The highest BCUT2D eigenvalue weighted by molar-refractivity contribution is 6.06. The fourth-order valence-electron chi connectivity index (χ4n) is 4.70. The predicted molar refractivity (Wildman–Crippen MR) is 138 cm³/mol. The van der Waals surface area contributed by atoms with Gasteiger partial charge < -0.3 is 20.1 Å². The van der Waals surface area contributed by atoms with Crippen LogP contribution in [-0.4, -0.2) is 29.7 Å². The third-order valence-electron chi connectivity index (χ3n) is 6.42. The molecule has 0 saturated heterocycles. The number of rotatable bonds is 6. The molecule has 178 valence electrons. The standard InChI is InChI=1S/C28H28N4O3/c1-5-18-13-15-19(16-14-18)30-27(33)24-17(2)29-28-31-21-10-6-7-11-22(21)32(28)25(24)20-9-8-12-23(34-3)26(20)35-4/h6-16,25H,5H2,1-4H3,(H,29,31)(H,30,33)/t25-/m1/s1. The number of aromatic nitrogens is 2. The Labute approximate surface area is 204 Å². The molecule has 3 aromatic carbocycles. The zero-order valence-electron chi connectivity index (χ0n) is 20.3. The average molecular weight is 469 g/mol. The summed E-state index contributed by atoms with van der Waals surface area (Å²) in [7, 11) is 3.22. The Morgan fingerprint density at radius 2 is 1.80 bits per heavy atom. The third kappa shape index (κ3) is 3.89. The molecule has 1 aliphatic rings. The molecule has 5 rings (SSSR count). The van der Waals surface area contributed by atoms with Crippen molar-refractivity contribution in [2.45, 2.75) is 26.3 Å². The van der Waals surface area contributed by atoms with E-state index in [-0.39, 0.29) is 5.91 Å². The first kappa shape index (κ1) is 22.5. The fraction of sp³-hybridized carbons (Fsp3) is 0.214. The van der Waals surface area contributed by atoms with E-state index in [1.165, 1.54) is 5.56 Å². The van der Waals surface area contributed by atoms with Crippen LogP contribution >= 0.6 is 0 Å². The SMILES string of the molecule is CCc1ccc(NC(=O)C2=C(C)Nc3nc4ccccc4n3[C@@H]2c2cccc(OC)c2OC)cc1. The van der Waals surface area contributed by atoms with E-state index >= 15 is 0 Å². The van der Waals surface area contributed by atoms with Crippen molar-refractivity contribution in [2.75, 3.05) is 24.9 Å². The fourth-order valence-corrected chi connectivity index (χ4v) is 4.70. The van der Waals surface area contributed by atoms with Crippen LogP contribution in [0.2, 0.25) is 0 Å². The molecular formula is C28H28N4O3. The zero-order chi connectivity index (χ0) is 24.5. The number of carbonyl (C=O) groups is 1. The van der Waals surface area contributed by atoms with E-state index in [0.29, 0.717) is 23.0 Å². The first-order valence-electron chi connectivity index (χ1n) is 11.6. The summed E-state index contributed by atoms with van der Waals surface area (Å²) in [4.78, 5) is 18.6. The van der Waals surface area contributed by atoms with Gasteiger partial charge in [0, 0.05) is 16.9 Å². The Kier molecular flexibility index (Phi) is 5.91. The minimum atomic E-state index is -0.487. The number of carbonyl (C=O) groups excluding carboxylic acids is 1. The molecule has 0 radical (unpaired) electrons. The molecule has 0 saturated carbocycles. The van der Waals surface area contributed by atoms with Crippen LogP contribution in [0.15, 0.2) is 78.0 Å². The molecule has 1 atom stereocenters. The molecule has 1 amide bonds. The molecule has 2 N–H and O–H groups in total. The summed E-state index contributed by atoms with van der Waals surface area (Å²) >= 11 is 0. The maximum absolute atomic E-state index is 13.8. The Bertz CT molecular complexity index is 1440. The normalized spacial score (nSPS) is 14.9. The minimum Gasteiger partial charge on any atom is -0.493 e. The Morgan fingerprint density at radius 3 is 2.51 bits per heavy atom. The molecule has 7 heteroatoms. The van der Waals surface area contributed by atoms with E-state index in [1.807, 2.05) is 73.7 Å². The zero-order valence-corrected chi connectivity index (χ0v) is 20.3. The molecule has 0 aliphatic carbocycles. The number of benzene rings is 3. The lowest BCUT2D eigenvalue weighted by molar-refractivity contribution is -0.113. The highest BCUT2D eigenvalue weighted by Gasteiger charge is 2.36. The quantitative estimate of drug-likeness (QED) is 0.388. The van der Waals surface area contributed by atoms with E-state index in [9.17, 15) is 4.79 Å². The molecule has 1 aliphatic heterocycles. The van der Waals surface area contributed by atoms with Gasteiger partial charge in [-0.25, -0.2) is 4.98 Å². The van der Waals surface area contributed by atoms with Crippen molar-refractivity contribution in [3.63, 3.8) is 0 Å². The van der Waals surface area contributed by atoms with E-state index in [4.69, 9.17) is 14.5 Å². The monoisotopic (exact) mass is 468 g/mol. The number of amides is 1. The van der Waals surface area contributed by atoms with Gasteiger partial charge in [0.05, 0.1) is 36.9 Å². The second-order valence-corrected chi connectivity index (χ2v) is 8.45. The maximum atomic E-state index is 13.8. The summed E-state index contributed by atoms with van der Waals surface area (Å²) in [5.74, 6) is 1.65. The topological polar surface area (TPSA) is 77.4 Å². The number of aryl methyl sites for hydroxylation is 1. The van der Waals surface area contributed by atoms with Gasteiger partial charge in [0.2, 0.25) is 5.95 Å². The van der Waals surface area contributed by atoms with Crippen molar-refractivity contribution < 1.29 is 14.3 Å². The lowest BCUT2D eigenvalue weighted by Gasteiger charge is -2.31. The van der Waals surface area contributed by atoms with Gasteiger partial charge in [-0.05, 0) is 49.2 Å². The second kappa shape index (κ2) is 9.18. The highest BCUT2D eigenvalue weighted by Crippen LogP contribution is 2.45. The summed E-state index contributed by atoms with van der Waals surface area (Å²) < 4.78 is 13.4. The molecule has 0 fully saturated rings. The van der Waals surface area contributed by atoms with Gasteiger partial charge in [0.15, 0.2) is 11.5 Å². The lowest BCUT2D eigenvalue weighted by Crippen LogP contribution is -2.31. The molecule has 2 heterocycles. The number of nitrogens with one attached hydrogen (secondary N) is 2. The Hall–Kier alpha value is -4.26. The van der Waals surface area contributed by atoms with Gasteiger partial charge in [0.1, 0.15) is 0 Å². The molecule has 4 aromatic rings. The number of hydrogen-bond donors (Lipinski definition) is 2. The number of nitrogens with zero attached hydrogens (tertiary/aromatic N) is 2. The largest absolute Gasteiger partial charge is 0.493 e. The van der Waals surface area contributed by atoms with E-state index in [0.717, 1.165) is 34.4 Å². The van der Waals surface area contributed by atoms with Crippen LogP contribution in [0.1, 0.15) is 31.0 Å². The van der Waals surface area contributed by atoms with Gasteiger partial charge in [-0.2, -0.15) is 0 Å². The number of hydrogen-bond acceptors (Lipinski definition) is 5. The van der Waals surface area contributed by atoms with E-state index in [2.05, 4.69) is 22.1 Å². The summed E-state index contributed by atoms with van der Waals surface area (Å²) in [6.45, 7) is 4.01. The number of allylic oxidation sites excluding steroid dienone is 1. The summed E-state index contributed by atoms with van der Waals surface area (Å²) in [6, 6.07) is 21.1. The Balaban J connectivity index is 1.68. The number of methoxy groups -OCH3 is 2. The van der Waals surface area contributed by atoms with Crippen LogP contribution in [-0.2, 0) is 11.2 Å². The summed E-state index contributed by atoms with van der Waals surface area (Å²) in [5, 5.41) is 6.44. The van der Waals surface area contributed by atoms with Crippen LogP contribution < -0.4 is 20.1 Å². The lowest BCUT2D eigenvalue weighted by atomic mass is 9.93. The van der Waals surface area contributed by atoms with Crippen molar-refractivity contribution in [1.82, 2.24) is 9.55 Å². The first-order chi connectivity index (χ1) is 17.0. The van der Waals surface area contributed by atoms with Crippen LogP contribution in [0.25, 0.3) is 11.0 Å². The summed E-state index contributed by atoms with van der Waals surface area (Å²) in [6.07, 6.45) is 0.941. The predicted octanol–water partition coefficient (Wildman–Crippen LogP) is 5.54. The number of ether oxygens (including phenoxy) is 2. The number of fused-ring (bicyclic) bond motifs is 3. The van der Waals surface area contributed by atoms with Crippen molar-refractivity contribution in [3.8, 4) is 11.5 Å². The number of para-hydroxylation sites is 3. The molecular weight excluding hydrogens is 440 g/mol. The van der Waals surface area contributed by atoms with Crippen LogP contribution in [0, 0.1) is 0 Å². The summed E-state index contributed by atoms with van der Waals surface area (Å²) in [5.41, 5.74) is 5.82.